The summed E-state index contributed by atoms with van der Waals surface area (Å²) in [7, 11) is 0. The second-order valence-corrected chi connectivity index (χ2v) is 6.37. The van der Waals surface area contributed by atoms with Crippen molar-refractivity contribution in [2.24, 2.45) is 11.8 Å². The highest BCUT2D eigenvalue weighted by Crippen LogP contribution is 2.40. The summed E-state index contributed by atoms with van der Waals surface area (Å²) in [4.78, 5) is 0. The normalized spacial score (nSPS) is 25.4. The summed E-state index contributed by atoms with van der Waals surface area (Å²) in [5, 5.41) is 0. The quantitative estimate of drug-likeness (QED) is 0.664. The van der Waals surface area contributed by atoms with E-state index in [1.165, 1.54) is 16.4 Å². The number of halogens is 1. The smallest absolute Gasteiger partial charge is 0.0133 e. The van der Waals surface area contributed by atoms with E-state index in [-0.39, 0.29) is 0 Å². The Kier molecular flexibility index (Phi) is 3.39. The van der Waals surface area contributed by atoms with Crippen molar-refractivity contribution in [2.45, 2.75) is 39.5 Å². The first-order chi connectivity index (χ1) is 7.09. The Hall–Kier alpha value is -0.0500. The van der Waals surface area contributed by atoms with Crippen molar-refractivity contribution in [3.05, 3.63) is 32.9 Å². The van der Waals surface area contributed by atoms with Gasteiger partial charge in [0.15, 0.2) is 0 Å². The monoisotopic (exact) mass is 314 g/mol. The molecule has 2 atom stereocenters. The van der Waals surface area contributed by atoms with Crippen LogP contribution < -0.4 is 0 Å². The van der Waals surface area contributed by atoms with Crippen LogP contribution in [0.15, 0.2) is 18.2 Å². The van der Waals surface area contributed by atoms with Crippen LogP contribution in [0.2, 0.25) is 0 Å². The van der Waals surface area contributed by atoms with Crippen LogP contribution in [0.5, 0.6) is 0 Å². The average Bonchev–Trinajstić information content (AvgIpc) is 2.17. The highest BCUT2D eigenvalue weighted by Gasteiger charge is 2.28. The summed E-state index contributed by atoms with van der Waals surface area (Å²) >= 11 is 2.42. The van der Waals surface area contributed by atoms with Gasteiger partial charge in [-0.3, -0.25) is 0 Å². The van der Waals surface area contributed by atoms with Gasteiger partial charge in [-0.05, 0) is 76.4 Å². The van der Waals surface area contributed by atoms with Gasteiger partial charge in [0.1, 0.15) is 0 Å². The van der Waals surface area contributed by atoms with Gasteiger partial charge in [0.2, 0.25) is 0 Å². The van der Waals surface area contributed by atoms with E-state index in [2.05, 4.69) is 61.6 Å². The second kappa shape index (κ2) is 4.44. The van der Waals surface area contributed by atoms with Crippen molar-refractivity contribution >= 4 is 22.6 Å². The van der Waals surface area contributed by atoms with Crippen LogP contribution in [0.4, 0.5) is 0 Å². The average molecular weight is 314 g/mol. The van der Waals surface area contributed by atoms with E-state index in [1.807, 2.05) is 0 Å². The van der Waals surface area contributed by atoms with Crippen LogP contribution in [-0.2, 0) is 6.42 Å². The lowest BCUT2D eigenvalue weighted by molar-refractivity contribution is 0.327. The zero-order chi connectivity index (χ0) is 11.0. The Balaban J connectivity index is 2.43. The first-order valence-electron chi connectivity index (χ1n) is 5.88. The molecule has 0 N–H and O–H groups in total. The highest BCUT2D eigenvalue weighted by atomic mass is 127. The molecule has 1 aliphatic carbocycles. The number of fused-ring (bicyclic) bond motifs is 1. The summed E-state index contributed by atoms with van der Waals surface area (Å²) in [5.74, 6) is 2.38. The SMILES string of the molecule is CC(C)C1c2ccc(I)cc2CCC1C. The van der Waals surface area contributed by atoms with Crippen molar-refractivity contribution < 1.29 is 0 Å². The minimum atomic E-state index is 0.763. The van der Waals surface area contributed by atoms with Crippen LogP contribution in [0.25, 0.3) is 0 Å². The van der Waals surface area contributed by atoms with Crippen LogP contribution in [-0.4, -0.2) is 0 Å². The van der Waals surface area contributed by atoms with Gasteiger partial charge < -0.3 is 0 Å². The van der Waals surface area contributed by atoms with Crippen molar-refractivity contribution in [1.82, 2.24) is 0 Å². The third-order valence-corrected chi connectivity index (χ3v) is 4.34. The summed E-state index contributed by atoms with van der Waals surface area (Å²) in [6.45, 7) is 7.12. The van der Waals surface area contributed by atoms with Gasteiger partial charge >= 0.3 is 0 Å². The summed E-state index contributed by atoms with van der Waals surface area (Å²) in [6, 6.07) is 6.99. The Bertz CT molecular complexity index is 354. The predicted molar refractivity (Wildman–Crippen MR) is 74.2 cm³/mol. The lowest BCUT2D eigenvalue weighted by Crippen LogP contribution is -2.22. The number of aryl methyl sites for hydroxylation is 1. The Morgan fingerprint density at radius 3 is 2.73 bits per heavy atom. The van der Waals surface area contributed by atoms with Gasteiger partial charge in [0, 0.05) is 3.57 Å². The molecule has 0 aromatic heterocycles. The summed E-state index contributed by atoms with van der Waals surface area (Å²) in [5.41, 5.74) is 3.21. The van der Waals surface area contributed by atoms with Crippen molar-refractivity contribution in [3.8, 4) is 0 Å². The van der Waals surface area contributed by atoms with E-state index < -0.39 is 0 Å². The second-order valence-electron chi connectivity index (χ2n) is 5.13. The molecule has 0 nitrogen and oxygen atoms in total. The minimum Gasteiger partial charge on any atom is -0.0622 e. The molecule has 0 spiro atoms. The van der Waals surface area contributed by atoms with E-state index in [1.54, 1.807) is 11.1 Å². The molecule has 1 aliphatic rings. The standard InChI is InChI=1S/C14H19I/c1-9(2)14-10(3)4-5-11-8-12(15)6-7-13(11)14/h6-10,14H,4-5H2,1-3H3. The molecule has 0 saturated carbocycles. The van der Waals surface area contributed by atoms with Gasteiger partial charge in [-0.2, -0.15) is 0 Å². The van der Waals surface area contributed by atoms with Crippen LogP contribution in [0, 0.1) is 15.4 Å². The lowest BCUT2D eigenvalue weighted by atomic mass is 9.71. The molecule has 1 aromatic carbocycles. The van der Waals surface area contributed by atoms with Gasteiger partial charge in [-0.1, -0.05) is 26.8 Å². The van der Waals surface area contributed by atoms with Crippen molar-refractivity contribution in [2.75, 3.05) is 0 Å². The largest absolute Gasteiger partial charge is 0.0622 e. The highest BCUT2D eigenvalue weighted by molar-refractivity contribution is 14.1. The summed E-state index contributed by atoms with van der Waals surface area (Å²) in [6.07, 6.45) is 2.63. The molecule has 0 fully saturated rings. The molecule has 2 rings (SSSR count). The van der Waals surface area contributed by atoms with Gasteiger partial charge in [0.05, 0.1) is 0 Å². The van der Waals surface area contributed by atoms with Crippen LogP contribution in [0.3, 0.4) is 0 Å². The molecule has 0 aliphatic heterocycles. The molecule has 0 amide bonds. The summed E-state index contributed by atoms with van der Waals surface area (Å²) < 4.78 is 1.38. The molecular weight excluding hydrogens is 295 g/mol. The minimum absolute atomic E-state index is 0.763. The maximum Gasteiger partial charge on any atom is 0.0133 e. The van der Waals surface area contributed by atoms with E-state index in [0.717, 1.165) is 17.8 Å². The number of rotatable bonds is 1. The van der Waals surface area contributed by atoms with Crippen LogP contribution >= 0.6 is 22.6 Å². The Labute approximate surface area is 107 Å². The fourth-order valence-corrected chi connectivity index (χ4v) is 3.56. The molecule has 0 saturated heterocycles. The van der Waals surface area contributed by atoms with Crippen LogP contribution in [0.1, 0.15) is 44.2 Å². The van der Waals surface area contributed by atoms with Gasteiger partial charge in [-0.15, -0.1) is 0 Å². The fourth-order valence-electron chi connectivity index (χ4n) is 3.00. The van der Waals surface area contributed by atoms with Crippen molar-refractivity contribution in [3.63, 3.8) is 0 Å². The zero-order valence-corrected chi connectivity index (χ0v) is 11.9. The topological polar surface area (TPSA) is 0 Å². The molecule has 82 valence electrons. The maximum atomic E-state index is 2.42. The Morgan fingerprint density at radius 2 is 2.07 bits per heavy atom. The first-order valence-corrected chi connectivity index (χ1v) is 6.95. The third-order valence-electron chi connectivity index (χ3n) is 3.66. The zero-order valence-electron chi connectivity index (χ0n) is 9.76. The lowest BCUT2D eigenvalue weighted by Gasteiger charge is -2.34. The molecule has 0 heterocycles. The van der Waals surface area contributed by atoms with E-state index >= 15 is 0 Å². The molecule has 15 heavy (non-hydrogen) atoms. The molecule has 1 heteroatoms. The fraction of sp³-hybridized carbons (Fsp3) is 0.571. The third kappa shape index (κ3) is 2.22. The van der Waals surface area contributed by atoms with Gasteiger partial charge in [-0.25, -0.2) is 0 Å². The van der Waals surface area contributed by atoms with E-state index in [9.17, 15) is 0 Å². The molecular formula is C14H19I. The molecule has 0 bridgehead atoms. The molecule has 1 aromatic rings. The number of benzene rings is 1. The first kappa shape index (κ1) is 11.4. The Morgan fingerprint density at radius 1 is 1.33 bits per heavy atom. The number of hydrogen-bond donors (Lipinski definition) is 0. The van der Waals surface area contributed by atoms with E-state index in [0.29, 0.717) is 0 Å². The molecule has 2 unspecified atom stereocenters. The van der Waals surface area contributed by atoms with Crippen molar-refractivity contribution in [1.29, 1.82) is 0 Å². The van der Waals surface area contributed by atoms with E-state index in [4.69, 9.17) is 0 Å². The molecule has 0 radical (unpaired) electrons. The maximum absolute atomic E-state index is 2.42. The number of hydrogen-bond acceptors (Lipinski definition) is 0. The predicted octanol–water partition coefficient (Wildman–Crippen LogP) is 4.61. The van der Waals surface area contributed by atoms with Gasteiger partial charge in [0.25, 0.3) is 0 Å².